The molecule has 1 saturated heterocycles. The Morgan fingerprint density at radius 2 is 1.35 bits per heavy atom. The first-order valence-corrected chi connectivity index (χ1v) is 11.8. The first-order chi connectivity index (χ1) is 16.2. The van der Waals surface area contributed by atoms with E-state index in [1.165, 1.54) is 0 Å². The fraction of sp³-hybridized carbons (Fsp3) is 0.300. The fourth-order valence-electron chi connectivity index (χ4n) is 5.10. The molecule has 1 fully saturated rings. The van der Waals surface area contributed by atoms with Gasteiger partial charge in [-0.15, -0.1) is 0 Å². The van der Waals surface area contributed by atoms with Crippen LogP contribution in [0.1, 0.15) is 50.3 Å². The van der Waals surface area contributed by atoms with E-state index in [9.17, 15) is 9.90 Å². The number of cyclic esters (lactones) is 1. The minimum absolute atomic E-state index is 0.0915. The van der Waals surface area contributed by atoms with Gasteiger partial charge in [0.05, 0.1) is 11.6 Å². The molecule has 34 heavy (non-hydrogen) atoms. The lowest BCUT2D eigenvalue weighted by atomic mass is 9.76. The highest BCUT2D eigenvalue weighted by atomic mass is 16.6. The molecule has 1 aliphatic rings. The van der Waals surface area contributed by atoms with Crippen LogP contribution in [0.4, 0.5) is 4.79 Å². The van der Waals surface area contributed by atoms with E-state index in [0.717, 1.165) is 16.7 Å². The highest BCUT2D eigenvalue weighted by Crippen LogP contribution is 2.47. The number of amides is 1. The maximum absolute atomic E-state index is 13.4. The average molecular weight is 456 g/mol. The van der Waals surface area contributed by atoms with Crippen molar-refractivity contribution in [1.29, 1.82) is 0 Å². The molecule has 0 bridgehead atoms. The standard InChI is InChI=1S/C30H33NO3/c1-22(2)27-30(24-16-10-6-11-17-24,25-18-12-7-13-19-25)34-28(32)31(27)21-20-26(29(3,4)33)23-14-8-5-9-15-23/h5-22,26-27,33H,1-4H3/b21-20-/t26-,27+/m1/s1. The Labute approximate surface area is 202 Å². The number of aliphatic hydroxyl groups is 1. The highest BCUT2D eigenvalue weighted by Gasteiger charge is 2.56. The van der Waals surface area contributed by atoms with Gasteiger partial charge in [0.25, 0.3) is 0 Å². The maximum Gasteiger partial charge on any atom is 0.415 e. The molecule has 1 amide bonds. The van der Waals surface area contributed by atoms with Crippen molar-refractivity contribution in [2.24, 2.45) is 5.92 Å². The third kappa shape index (κ3) is 4.38. The van der Waals surface area contributed by atoms with Gasteiger partial charge in [0.2, 0.25) is 0 Å². The van der Waals surface area contributed by atoms with Crippen molar-refractivity contribution in [3.05, 3.63) is 120 Å². The summed E-state index contributed by atoms with van der Waals surface area (Å²) in [5.41, 5.74) is 0.898. The topological polar surface area (TPSA) is 49.8 Å². The van der Waals surface area contributed by atoms with Crippen LogP contribution < -0.4 is 0 Å². The zero-order chi connectivity index (χ0) is 24.3. The van der Waals surface area contributed by atoms with Gasteiger partial charge >= 0.3 is 6.09 Å². The second-order valence-corrected chi connectivity index (χ2v) is 9.82. The molecule has 0 spiro atoms. The van der Waals surface area contributed by atoms with Crippen LogP contribution in [0.5, 0.6) is 0 Å². The number of hydrogen-bond donors (Lipinski definition) is 1. The van der Waals surface area contributed by atoms with E-state index in [4.69, 9.17) is 4.74 Å². The second kappa shape index (κ2) is 9.47. The van der Waals surface area contributed by atoms with Crippen LogP contribution in [0.25, 0.3) is 0 Å². The summed E-state index contributed by atoms with van der Waals surface area (Å²) in [6, 6.07) is 29.5. The summed E-state index contributed by atoms with van der Waals surface area (Å²) >= 11 is 0. The third-order valence-electron chi connectivity index (χ3n) is 6.57. The molecule has 1 heterocycles. The number of carbonyl (C=O) groups is 1. The van der Waals surface area contributed by atoms with Gasteiger partial charge in [-0.25, -0.2) is 4.79 Å². The first kappa shape index (κ1) is 23.8. The summed E-state index contributed by atoms with van der Waals surface area (Å²) in [6.07, 6.45) is 3.32. The summed E-state index contributed by atoms with van der Waals surface area (Å²) in [7, 11) is 0. The largest absolute Gasteiger partial charge is 0.430 e. The third-order valence-corrected chi connectivity index (χ3v) is 6.57. The molecule has 4 rings (SSSR count). The van der Waals surface area contributed by atoms with E-state index in [-0.39, 0.29) is 17.9 Å². The van der Waals surface area contributed by atoms with Crippen LogP contribution >= 0.6 is 0 Å². The van der Waals surface area contributed by atoms with E-state index in [2.05, 4.69) is 13.8 Å². The van der Waals surface area contributed by atoms with Gasteiger partial charge < -0.3 is 9.84 Å². The number of rotatable bonds is 7. The van der Waals surface area contributed by atoms with E-state index in [1.807, 2.05) is 97.1 Å². The summed E-state index contributed by atoms with van der Waals surface area (Å²) in [6.45, 7) is 7.79. The molecule has 3 aromatic rings. The van der Waals surface area contributed by atoms with Gasteiger partial charge in [-0.05, 0) is 25.3 Å². The molecule has 0 saturated carbocycles. The molecular formula is C30H33NO3. The zero-order valence-electron chi connectivity index (χ0n) is 20.3. The average Bonchev–Trinajstić information content (AvgIpc) is 3.13. The Morgan fingerprint density at radius 3 is 1.79 bits per heavy atom. The van der Waals surface area contributed by atoms with E-state index >= 15 is 0 Å². The summed E-state index contributed by atoms with van der Waals surface area (Å²) in [4.78, 5) is 15.1. The molecule has 0 aliphatic carbocycles. The molecule has 0 unspecified atom stereocenters. The van der Waals surface area contributed by atoms with Crippen LogP contribution in [0, 0.1) is 5.92 Å². The molecular weight excluding hydrogens is 422 g/mol. The SMILES string of the molecule is CC(C)[C@@H]1N(/C=C\[C@H](c2ccccc2)C(C)(C)O)C(=O)OC1(c1ccccc1)c1ccccc1. The number of nitrogens with zero attached hydrogens (tertiary/aromatic N) is 1. The molecule has 176 valence electrons. The normalized spacial score (nSPS) is 18.9. The highest BCUT2D eigenvalue weighted by molar-refractivity contribution is 5.75. The molecule has 1 aliphatic heterocycles. The van der Waals surface area contributed by atoms with Crippen molar-refractivity contribution in [3.63, 3.8) is 0 Å². The van der Waals surface area contributed by atoms with Crippen molar-refractivity contribution in [2.75, 3.05) is 0 Å². The number of carbonyl (C=O) groups excluding carboxylic acids is 1. The van der Waals surface area contributed by atoms with Crippen LogP contribution in [0.3, 0.4) is 0 Å². The molecule has 2 atom stereocenters. The first-order valence-electron chi connectivity index (χ1n) is 11.8. The van der Waals surface area contributed by atoms with Gasteiger partial charge in [0, 0.05) is 23.2 Å². The summed E-state index contributed by atoms with van der Waals surface area (Å²) < 4.78 is 6.30. The molecule has 0 aromatic heterocycles. The number of benzene rings is 3. The van der Waals surface area contributed by atoms with Crippen molar-refractivity contribution in [2.45, 2.75) is 50.9 Å². The Morgan fingerprint density at radius 1 is 0.882 bits per heavy atom. The van der Waals surface area contributed by atoms with E-state index in [0.29, 0.717) is 0 Å². The zero-order valence-corrected chi connectivity index (χ0v) is 20.3. The van der Waals surface area contributed by atoms with Crippen LogP contribution in [-0.4, -0.2) is 27.7 Å². The van der Waals surface area contributed by atoms with E-state index in [1.54, 1.807) is 24.9 Å². The Kier molecular flexibility index (Phi) is 6.63. The van der Waals surface area contributed by atoms with Gasteiger partial charge in [-0.2, -0.15) is 0 Å². The minimum Gasteiger partial charge on any atom is -0.430 e. The van der Waals surface area contributed by atoms with Gasteiger partial charge in [0.1, 0.15) is 0 Å². The van der Waals surface area contributed by atoms with Crippen molar-refractivity contribution >= 4 is 6.09 Å². The molecule has 4 heteroatoms. The van der Waals surface area contributed by atoms with Crippen molar-refractivity contribution < 1.29 is 14.6 Å². The fourth-order valence-corrected chi connectivity index (χ4v) is 5.10. The number of ether oxygens (including phenoxy) is 1. The van der Waals surface area contributed by atoms with Crippen LogP contribution in [0.2, 0.25) is 0 Å². The van der Waals surface area contributed by atoms with Crippen LogP contribution in [0.15, 0.2) is 103 Å². The van der Waals surface area contributed by atoms with Gasteiger partial charge in [-0.1, -0.05) is 111 Å². The lowest BCUT2D eigenvalue weighted by Crippen LogP contribution is -2.46. The smallest absolute Gasteiger partial charge is 0.415 e. The van der Waals surface area contributed by atoms with Crippen LogP contribution in [-0.2, 0) is 10.3 Å². The van der Waals surface area contributed by atoms with Crippen molar-refractivity contribution in [3.8, 4) is 0 Å². The molecule has 4 nitrogen and oxygen atoms in total. The Balaban J connectivity index is 1.82. The Bertz CT molecular complexity index is 1080. The quantitative estimate of drug-likeness (QED) is 0.444. The monoisotopic (exact) mass is 455 g/mol. The predicted octanol–water partition coefficient (Wildman–Crippen LogP) is 6.48. The van der Waals surface area contributed by atoms with Crippen molar-refractivity contribution in [1.82, 2.24) is 4.90 Å². The number of hydrogen-bond acceptors (Lipinski definition) is 3. The summed E-state index contributed by atoms with van der Waals surface area (Å²) in [5, 5.41) is 10.9. The minimum atomic E-state index is -1.01. The molecule has 3 aromatic carbocycles. The molecule has 0 radical (unpaired) electrons. The lowest BCUT2D eigenvalue weighted by molar-refractivity contribution is 0.0561. The van der Waals surface area contributed by atoms with Gasteiger partial charge in [0.15, 0.2) is 5.60 Å². The maximum atomic E-state index is 13.4. The predicted molar refractivity (Wildman–Crippen MR) is 135 cm³/mol. The Hall–Kier alpha value is -3.37. The van der Waals surface area contributed by atoms with Gasteiger partial charge in [-0.3, -0.25) is 4.90 Å². The summed E-state index contributed by atoms with van der Waals surface area (Å²) in [5.74, 6) is -0.202. The second-order valence-electron chi connectivity index (χ2n) is 9.82. The van der Waals surface area contributed by atoms with E-state index < -0.39 is 17.3 Å². The lowest BCUT2D eigenvalue weighted by Gasteiger charge is -2.37. The molecule has 1 N–H and O–H groups in total.